The molecule has 1 aromatic rings. The number of carbonyl (C=O) groups is 2. The molecule has 0 spiro atoms. The number of ether oxygens (including phenoxy) is 1. The minimum absolute atomic E-state index is 0.00495. The Morgan fingerprint density at radius 3 is 2.86 bits per heavy atom. The maximum atomic E-state index is 12.3. The Hall–Kier alpha value is -2.24. The Balaban J connectivity index is 2.05. The van der Waals surface area contributed by atoms with Gasteiger partial charge in [0.25, 0.3) is 0 Å². The molecule has 1 saturated heterocycles. The number of urea groups is 1. The average molecular weight is 292 g/mol. The van der Waals surface area contributed by atoms with Gasteiger partial charge in [0.15, 0.2) is 0 Å². The Kier molecular flexibility index (Phi) is 4.67. The van der Waals surface area contributed by atoms with Crippen molar-refractivity contribution in [2.45, 2.75) is 32.2 Å². The van der Waals surface area contributed by atoms with Crippen LogP contribution < -0.4 is 10.1 Å². The summed E-state index contributed by atoms with van der Waals surface area (Å²) in [4.78, 5) is 24.7. The van der Waals surface area contributed by atoms with E-state index in [1.54, 1.807) is 24.1 Å². The van der Waals surface area contributed by atoms with Crippen LogP contribution in [0, 0.1) is 6.92 Å². The smallest absolute Gasteiger partial charge is 0.322 e. The molecule has 114 valence electrons. The molecule has 1 aromatic carbocycles. The first-order valence-corrected chi connectivity index (χ1v) is 6.95. The summed E-state index contributed by atoms with van der Waals surface area (Å²) in [5, 5.41) is 11.7. The van der Waals surface area contributed by atoms with Gasteiger partial charge in [-0.15, -0.1) is 0 Å². The number of likely N-dealkylation sites (tertiary alicyclic amines) is 1. The van der Waals surface area contributed by atoms with Crippen molar-refractivity contribution >= 4 is 17.7 Å². The minimum Gasteiger partial charge on any atom is -0.497 e. The van der Waals surface area contributed by atoms with Crippen LogP contribution in [0.1, 0.15) is 24.8 Å². The highest BCUT2D eigenvalue weighted by molar-refractivity contribution is 5.91. The van der Waals surface area contributed by atoms with E-state index in [0.29, 0.717) is 12.2 Å². The van der Waals surface area contributed by atoms with Crippen molar-refractivity contribution in [1.29, 1.82) is 0 Å². The average Bonchev–Trinajstić information content (AvgIpc) is 2.88. The fourth-order valence-corrected chi connectivity index (χ4v) is 2.61. The van der Waals surface area contributed by atoms with Crippen LogP contribution in [0.15, 0.2) is 18.2 Å². The van der Waals surface area contributed by atoms with E-state index in [1.165, 1.54) is 0 Å². The second-order valence-corrected chi connectivity index (χ2v) is 5.20. The van der Waals surface area contributed by atoms with E-state index in [1.807, 2.05) is 13.0 Å². The van der Waals surface area contributed by atoms with E-state index in [4.69, 9.17) is 9.84 Å². The molecule has 1 fully saturated rings. The van der Waals surface area contributed by atoms with Crippen molar-refractivity contribution in [3.8, 4) is 5.75 Å². The lowest BCUT2D eigenvalue weighted by Crippen LogP contribution is -2.39. The molecule has 1 aliphatic rings. The normalized spacial score (nSPS) is 17.6. The summed E-state index contributed by atoms with van der Waals surface area (Å²) in [6.07, 6.45) is 1.57. The standard InChI is InChI=1S/C15H20N2O4/c1-10-8-12(21-2)5-6-13(10)16-15(20)17-7-3-4-11(17)9-14(18)19/h5-6,8,11H,3-4,7,9H2,1-2H3,(H,16,20)(H,18,19). The number of nitrogens with zero attached hydrogens (tertiary/aromatic N) is 1. The number of aliphatic carboxylic acids is 1. The molecule has 1 atom stereocenters. The van der Waals surface area contributed by atoms with E-state index in [9.17, 15) is 9.59 Å². The van der Waals surface area contributed by atoms with Gasteiger partial charge < -0.3 is 20.1 Å². The first kappa shape index (κ1) is 15.2. The maximum absolute atomic E-state index is 12.3. The molecule has 1 unspecified atom stereocenters. The lowest BCUT2D eigenvalue weighted by Gasteiger charge is -2.24. The Bertz CT molecular complexity index is 544. The van der Waals surface area contributed by atoms with Crippen LogP contribution in [0.5, 0.6) is 5.75 Å². The molecular weight excluding hydrogens is 272 g/mol. The number of anilines is 1. The number of nitrogens with one attached hydrogen (secondary N) is 1. The predicted molar refractivity (Wildman–Crippen MR) is 78.7 cm³/mol. The highest BCUT2D eigenvalue weighted by Gasteiger charge is 2.30. The van der Waals surface area contributed by atoms with Crippen LogP contribution >= 0.6 is 0 Å². The topological polar surface area (TPSA) is 78.9 Å². The summed E-state index contributed by atoms with van der Waals surface area (Å²) in [5.41, 5.74) is 1.61. The van der Waals surface area contributed by atoms with Gasteiger partial charge in [0.1, 0.15) is 5.75 Å². The van der Waals surface area contributed by atoms with E-state index in [-0.39, 0.29) is 18.5 Å². The van der Waals surface area contributed by atoms with Gasteiger partial charge in [0, 0.05) is 18.3 Å². The number of carboxylic acids is 1. The lowest BCUT2D eigenvalue weighted by molar-refractivity contribution is -0.137. The Morgan fingerprint density at radius 2 is 2.24 bits per heavy atom. The van der Waals surface area contributed by atoms with E-state index in [0.717, 1.165) is 24.2 Å². The predicted octanol–water partition coefficient (Wildman–Crippen LogP) is 2.47. The quantitative estimate of drug-likeness (QED) is 0.893. The van der Waals surface area contributed by atoms with Crippen LogP contribution in [0.4, 0.5) is 10.5 Å². The van der Waals surface area contributed by atoms with Crippen molar-refractivity contribution in [2.75, 3.05) is 19.0 Å². The number of hydrogen-bond donors (Lipinski definition) is 2. The van der Waals surface area contributed by atoms with Gasteiger partial charge >= 0.3 is 12.0 Å². The molecular formula is C15H20N2O4. The number of methoxy groups -OCH3 is 1. The van der Waals surface area contributed by atoms with Gasteiger partial charge in [0.2, 0.25) is 0 Å². The van der Waals surface area contributed by atoms with Gasteiger partial charge in [-0.05, 0) is 43.5 Å². The van der Waals surface area contributed by atoms with Crippen molar-refractivity contribution in [3.05, 3.63) is 23.8 Å². The summed E-state index contributed by atoms with van der Waals surface area (Å²) in [6.45, 7) is 2.48. The maximum Gasteiger partial charge on any atom is 0.322 e. The zero-order valence-electron chi connectivity index (χ0n) is 12.3. The highest BCUT2D eigenvalue weighted by atomic mass is 16.5. The van der Waals surface area contributed by atoms with Crippen molar-refractivity contribution in [1.82, 2.24) is 4.90 Å². The van der Waals surface area contributed by atoms with Gasteiger partial charge in [-0.25, -0.2) is 4.79 Å². The van der Waals surface area contributed by atoms with E-state index >= 15 is 0 Å². The van der Waals surface area contributed by atoms with Crippen molar-refractivity contribution in [3.63, 3.8) is 0 Å². The SMILES string of the molecule is COc1ccc(NC(=O)N2CCCC2CC(=O)O)c(C)c1. The zero-order valence-corrected chi connectivity index (χ0v) is 12.3. The number of aryl methyl sites for hydroxylation is 1. The van der Waals surface area contributed by atoms with Gasteiger partial charge in [-0.1, -0.05) is 0 Å². The number of carboxylic acid groups (broad SMARTS) is 1. The monoisotopic (exact) mass is 292 g/mol. The third-order valence-electron chi connectivity index (χ3n) is 3.72. The lowest BCUT2D eigenvalue weighted by atomic mass is 10.1. The molecule has 0 bridgehead atoms. The molecule has 1 heterocycles. The largest absolute Gasteiger partial charge is 0.497 e. The fourth-order valence-electron chi connectivity index (χ4n) is 2.61. The van der Waals surface area contributed by atoms with Crippen molar-refractivity contribution in [2.24, 2.45) is 0 Å². The number of carbonyl (C=O) groups excluding carboxylic acids is 1. The molecule has 0 aliphatic carbocycles. The molecule has 6 heteroatoms. The molecule has 2 N–H and O–H groups in total. The van der Waals surface area contributed by atoms with E-state index < -0.39 is 5.97 Å². The summed E-state index contributed by atoms with van der Waals surface area (Å²) < 4.78 is 5.13. The number of amides is 2. The van der Waals surface area contributed by atoms with E-state index in [2.05, 4.69) is 5.32 Å². The summed E-state index contributed by atoms with van der Waals surface area (Å²) in [6, 6.07) is 4.94. The fraction of sp³-hybridized carbons (Fsp3) is 0.467. The van der Waals surface area contributed by atoms with Crippen molar-refractivity contribution < 1.29 is 19.4 Å². The number of benzene rings is 1. The van der Waals surface area contributed by atoms with Crippen LogP contribution in [0.2, 0.25) is 0 Å². The Morgan fingerprint density at radius 1 is 1.48 bits per heavy atom. The second kappa shape index (κ2) is 6.47. The van der Waals surface area contributed by atoms with Gasteiger partial charge in [0.05, 0.1) is 13.5 Å². The molecule has 0 radical (unpaired) electrons. The number of hydrogen-bond acceptors (Lipinski definition) is 3. The third kappa shape index (κ3) is 3.65. The number of rotatable bonds is 4. The molecule has 1 aliphatic heterocycles. The first-order valence-electron chi connectivity index (χ1n) is 6.95. The molecule has 0 aromatic heterocycles. The van der Waals surface area contributed by atoms with Crippen LogP contribution in [-0.2, 0) is 4.79 Å². The minimum atomic E-state index is -0.875. The zero-order chi connectivity index (χ0) is 15.4. The van der Waals surface area contributed by atoms with Crippen LogP contribution in [0.25, 0.3) is 0 Å². The summed E-state index contributed by atoms with van der Waals surface area (Å²) >= 11 is 0. The van der Waals surface area contributed by atoms with Gasteiger partial charge in [-0.3, -0.25) is 4.79 Å². The molecule has 0 saturated carbocycles. The highest BCUT2D eigenvalue weighted by Crippen LogP contribution is 2.24. The summed E-state index contributed by atoms with van der Waals surface area (Å²) in [5.74, 6) is -0.143. The van der Waals surface area contributed by atoms with Crippen LogP contribution in [0.3, 0.4) is 0 Å². The third-order valence-corrected chi connectivity index (χ3v) is 3.72. The molecule has 2 rings (SSSR count). The molecule has 21 heavy (non-hydrogen) atoms. The first-order chi connectivity index (χ1) is 10.0. The Labute approximate surface area is 123 Å². The summed E-state index contributed by atoms with van der Waals surface area (Å²) in [7, 11) is 1.59. The molecule has 6 nitrogen and oxygen atoms in total. The molecule has 2 amide bonds. The van der Waals surface area contributed by atoms with Gasteiger partial charge in [-0.2, -0.15) is 0 Å². The van der Waals surface area contributed by atoms with Crippen LogP contribution in [-0.4, -0.2) is 41.7 Å². The second-order valence-electron chi connectivity index (χ2n) is 5.20.